The second-order valence-corrected chi connectivity index (χ2v) is 11.7. The van der Waals surface area contributed by atoms with Gasteiger partial charge in [0.2, 0.25) is 11.8 Å². The highest BCUT2D eigenvalue weighted by molar-refractivity contribution is 6.39. The van der Waals surface area contributed by atoms with Crippen molar-refractivity contribution in [1.29, 1.82) is 0 Å². The van der Waals surface area contributed by atoms with Gasteiger partial charge in [-0.2, -0.15) is 5.10 Å². The minimum Gasteiger partial charge on any atom is -0.481 e. The Kier molecular flexibility index (Phi) is 9.17. The number of nitrogens with one attached hydrogen (secondary N) is 2. The molecular formula is C33H30Cl2N6O6. The summed E-state index contributed by atoms with van der Waals surface area (Å²) in [5.74, 6) is 0.473. The SMILES string of the molecule is COc1nc(-c2cccc(-c3cccc(-c4cc5c(=O)n(C)c(CO)nn5c4)c3Cl)c2Cl)ccc1COC(=O)NC[C@H]1CCC(=O)N1. The molecule has 0 unspecified atom stereocenters. The van der Waals surface area contributed by atoms with Gasteiger partial charge in [-0.3, -0.25) is 14.2 Å². The molecule has 1 atom stereocenters. The van der Waals surface area contributed by atoms with E-state index in [1.807, 2.05) is 36.4 Å². The van der Waals surface area contributed by atoms with E-state index in [9.17, 15) is 19.5 Å². The van der Waals surface area contributed by atoms with Crippen LogP contribution in [0.3, 0.4) is 0 Å². The predicted octanol–water partition coefficient (Wildman–Crippen LogP) is 4.74. The van der Waals surface area contributed by atoms with Gasteiger partial charge < -0.3 is 25.2 Å². The lowest BCUT2D eigenvalue weighted by Gasteiger charge is -2.15. The number of rotatable bonds is 9. The fourth-order valence-corrected chi connectivity index (χ4v) is 6.16. The number of amides is 2. The molecule has 0 radical (unpaired) electrons. The third kappa shape index (κ3) is 6.39. The Morgan fingerprint density at radius 1 is 1.06 bits per heavy atom. The van der Waals surface area contributed by atoms with Crippen LogP contribution >= 0.6 is 23.2 Å². The zero-order valence-electron chi connectivity index (χ0n) is 25.4. The molecule has 242 valence electrons. The number of carbonyl (C=O) groups is 2. The summed E-state index contributed by atoms with van der Waals surface area (Å²) in [5.41, 5.74) is 4.45. The molecule has 1 aliphatic heterocycles. The number of methoxy groups -OCH3 is 1. The molecule has 1 aliphatic rings. The molecular weight excluding hydrogens is 647 g/mol. The summed E-state index contributed by atoms with van der Waals surface area (Å²) >= 11 is 14.0. The van der Waals surface area contributed by atoms with Gasteiger partial charge in [-0.15, -0.1) is 0 Å². The molecule has 0 spiro atoms. The van der Waals surface area contributed by atoms with E-state index in [4.69, 9.17) is 32.7 Å². The van der Waals surface area contributed by atoms with Crippen molar-refractivity contribution < 1.29 is 24.2 Å². The van der Waals surface area contributed by atoms with Gasteiger partial charge in [0, 0.05) is 60.1 Å². The molecule has 2 aromatic carbocycles. The molecule has 0 saturated carbocycles. The number of fused-ring (bicyclic) bond motifs is 1. The normalized spacial score (nSPS) is 14.3. The molecule has 2 amide bonds. The second-order valence-electron chi connectivity index (χ2n) is 11.0. The topological polar surface area (TPSA) is 149 Å². The number of carbonyl (C=O) groups excluding carboxylic acids is 2. The molecule has 5 aromatic rings. The summed E-state index contributed by atoms with van der Waals surface area (Å²) < 4.78 is 13.6. The zero-order chi connectivity index (χ0) is 33.2. The fourth-order valence-electron chi connectivity index (χ4n) is 5.50. The number of pyridine rings is 1. The van der Waals surface area contributed by atoms with Gasteiger partial charge in [0.1, 0.15) is 18.7 Å². The van der Waals surface area contributed by atoms with Crippen molar-refractivity contribution in [1.82, 2.24) is 29.8 Å². The van der Waals surface area contributed by atoms with E-state index in [1.54, 1.807) is 31.4 Å². The number of hydrogen-bond donors (Lipinski definition) is 3. The first kappa shape index (κ1) is 32.0. The molecule has 4 heterocycles. The van der Waals surface area contributed by atoms with E-state index >= 15 is 0 Å². The molecule has 1 fully saturated rings. The quantitative estimate of drug-likeness (QED) is 0.203. The van der Waals surface area contributed by atoms with Crippen LogP contribution in [0.4, 0.5) is 4.79 Å². The number of aliphatic hydroxyl groups is 1. The first-order valence-electron chi connectivity index (χ1n) is 14.7. The van der Waals surface area contributed by atoms with Crippen molar-refractivity contribution >= 4 is 40.7 Å². The maximum atomic E-state index is 12.8. The smallest absolute Gasteiger partial charge is 0.407 e. The largest absolute Gasteiger partial charge is 0.481 e. The van der Waals surface area contributed by atoms with Gasteiger partial charge in [0.15, 0.2) is 5.82 Å². The first-order valence-corrected chi connectivity index (χ1v) is 15.4. The lowest BCUT2D eigenvalue weighted by Crippen LogP contribution is -2.38. The lowest BCUT2D eigenvalue weighted by atomic mass is 9.97. The Labute approximate surface area is 278 Å². The van der Waals surface area contributed by atoms with Gasteiger partial charge in [0.25, 0.3) is 5.56 Å². The zero-order valence-corrected chi connectivity index (χ0v) is 26.9. The number of nitrogens with zero attached hydrogens (tertiary/aromatic N) is 4. The number of aliphatic hydroxyl groups excluding tert-OH is 1. The van der Waals surface area contributed by atoms with Crippen LogP contribution < -0.4 is 20.9 Å². The van der Waals surface area contributed by atoms with Crippen molar-refractivity contribution in [2.75, 3.05) is 13.7 Å². The van der Waals surface area contributed by atoms with Crippen molar-refractivity contribution in [3.05, 3.63) is 92.6 Å². The van der Waals surface area contributed by atoms with Crippen LogP contribution in [0.5, 0.6) is 5.88 Å². The van der Waals surface area contributed by atoms with Crippen LogP contribution in [0.25, 0.3) is 39.0 Å². The molecule has 0 bridgehead atoms. The minimum atomic E-state index is -0.616. The van der Waals surface area contributed by atoms with Crippen LogP contribution in [0.15, 0.2) is 65.6 Å². The van der Waals surface area contributed by atoms with Crippen LogP contribution in [0.2, 0.25) is 10.0 Å². The Bertz CT molecular complexity index is 2080. The highest BCUT2D eigenvalue weighted by atomic mass is 35.5. The third-order valence-corrected chi connectivity index (χ3v) is 8.83. The molecule has 6 rings (SSSR count). The Hall–Kier alpha value is -4.91. The Morgan fingerprint density at radius 2 is 1.77 bits per heavy atom. The average molecular weight is 678 g/mol. The summed E-state index contributed by atoms with van der Waals surface area (Å²) in [6, 6.07) is 16.2. The van der Waals surface area contributed by atoms with Gasteiger partial charge in [0.05, 0.1) is 28.4 Å². The monoisotopic (exact) mass is 676 g/mol. The van der Waals surface area contributed by atoms with E-state index in [1.165, 1.54) is 16.2 Å². The molecule has 12 nitrogen and oxygen atoms in total. The summed E-state index contributed by atoms with van der Waals surface area (Å²) in [7, 11) is 3.03. The fraction of sp³-hybridized carbons (Fsp3) is 0.242. The Balaban J connectivity index is 1.25. The van der Waals surface area contributed by atoms with E-state index in [0.29, 0.717) is 67.5 Å². The molecule has 0 aliphatic carbocycles. The van der Waals surface area contributed by atoms with Crippen LogP contribution in [0, 0.1) is 0 Å². The summed E-state index contributed by atoms with van der Waals surface area (Å²) in [5, 5.41) is 20.2. The van der Waals surface area contributed by atoms with Gasteiger partial charge in [-0.25, -0.2) is 14.3 Å². The summed E-state index contributed by atoms with van der Waals surface area (Å²) in [4.78, 5) is 41.1. The van der Waals surface area contributed by atoms with Crippen molar-refractivity contribution in [2.45, 2.75) is 32.1 Å². The molecule has 14 heteroatoms. The Morgan fingerprint density at radius 3 is 2.45 bits per heavy atom. The highest BCUT2D eigenvalue weighted by Gasteiger charge is 2.22. The number of ether oxygens (including phenoxy) is 2. The van der Waals surface area contributed by atoms with E-state index in [2.05, 4.69) is 20.7 Å². The number of alkyl carbamates (subject to hydrolysis) is 1. The highest BCUT2D eigenvalue weighted by Crippen LogP contribution is 2.42. The van der Waals surface area contributed by atoms with Crippen LogP contribution in [0.1, 0.15) is 24.2 Å². The minimum absolute atomic E-state index is 0.0280. The molecule has 47 heavy (non-hydrogen) atoms. The van der Waals surface area contributed by atoms with E-state index < -0.39 is 6.09 Å². The van der Waals surface area contributed by atoms with E-state index in [0.717, 1.165) is 0 Å². The number of hydrogen-bond acceptors (Lipinski definition) is 8. The van der Waals surface area contributed by atoms with Crippen molar-refractivity contribution in [3.8, 4) is 39.4 Å². The number of halogens is 2. The molecule has 1 saturated heterocycles. The van der Waals surface area contributed by atoms with Crippen LogP contribution in [-0.4, -0.2) is 56.0 Å². The molecule has 3 N–H and O–H groups in total. The molecule has 3 aromatic heterocycles. The summed E-state index contributed by atoms with van der Waals surface area (Å²) in [6.45, 7) is -0.170. The van der Waals surface area contributed by atoms with Gasteiger partial charge >= 0.3 is 6.09 Å². The maximum Gasteiger partial charge on any atom is 0.407 e. The predicted molar refractivity (Wildman–Crippen MR) is 176 cm³/mol. The van der Waals surface area contributed by atoms with E-state index in [-0.39, 0.29) is 49.0 Å². The summed E-state index contributed by atoms with van der Waals surface area (Å²) in [6.07, 6.45) is 2.19. The van der Waals surface area contributed by atoms with Crippen molar-refractivity contribution in [2.24, 2.45) is 7.05 Å². The third-order valence-electron chi connectivity index (χ3n) is 8.02. The van der Waals surface area contributed by atoms with Crippen molar-refractivity contribution in [3.63, 3.8) is 0 Å². The number of aromatic nitrogens is 4. The van der Waals surface area contributed by atoms with Gasteiger partial charge in [-0.05, 0) is 24.6 Å². The maximum absolute atomic E-state index is 12.8. The number of benzene rings is 2. The standard InChI is InChI=1S/C33H30Cl2N6O6/c1-40-27(16-42)39-41-15-19(13-26(41)32(40)44)21-5-3-6-22(29(21)34)23-7-4-8-24(30(23)35)25-11-9-18(31(38-25)46-2)17-47-33(45)36-14-20-10-12-28(43)37-20/h3-9,11,13,15,20,42H,10,12,14,16-17H2,1-2H3,(H,36,45)(H,37,43)/t20-/m1/s1. The van der Waals surface area contributed by atoms with Gasteiger partial charge in [-0.1, -0.05) is 59.6 Å². The second kappa shape index (κ2) is 13.4. The van der Waals surface area contributed by atoms with Crippen LogP contribution in [-0.2, 0) is 29.8 Å². The average Bonchev–Trinajstić information content (AvgIpc) is 3.70. The lowest BCUT2D eigenvalue weighted by molar-refractivity contribution is -0.119. The first-order chi connectivity index (χ1) is 22.7.